The lowest BCUT2D eigenvalue weighted by molar-refractivity contribution is -0.137. The molecular formula is C25H33N2O3S+. The SMILES string of the molecule is CNc1ccccc1C(NCCCCCCC(=O)O)c1ccc(C2CC=CO2)cc1[SH2+]. The number of hydrogen-bond donors (Lipinski definition) is 3. The van der Waals surface area contributed by atoms with E-state index < -0.39 is 5.97 Å². The van der Waals surface area contributed by atoms with Crippen LogP contribution in [0.1, 0.15) is 67.4 Å². The number of para-hydroxylation sites is 1. The number of benzene rings is 2. The predicted octanol–water partition coefficient (Wildman–Crippen LogP) is 4.79. The Morgan fingerprint density at radius 2 is 1.97 bits per heavy atom. The van der Waals surface area contributed by atoms with Gasteiger partial charge in [0, 0.05) is 37.2 Å². The minimum Gasteiger partial charge on any atom is -0.493 e. The summed E-state index contributed by atoms with van der Waals surface area (Å²) in [6.45, 7) is 0.860. The summed E-state index contributed by atoms with van der Waals surface area (Å²) in [5.74, 6) is -0.714. The van der Waals surface area contributed by atoms with Gasteiger partial charge in [0.2, 0.25) is 0 Å². The molecular weight excluding hydrogens is 408 g/mol. The first-order valence-electron chi connectivity index (χ1n) is 11.0. The molecule has 0 fully saturated rings. The Bertz CT molecular complexity index is 892. The number of rotatable bonds is 12. The van der Waals surface area contributed by atoms with Crippen LogP contribution in [-0.2, 0) is 22.2 Å². The van der Waals surface area contributed by atoms with Crippen molar-refractivity contribution < 1.29 is 14.6 Å². The van der Waals surface area contributed by atoms with Gasteiger partial charge in [0.05, 0.1) is 12.3 Å². The Morgan fingerprint density at radius 3 is 2.68 bits per heavy atom. The summed E-state index contributed by atoms with van der Waals surface area (Å²) in [5, 5.41) is 15.8. The van der Waals surface area contributed by atoms with E-state index in [0.717, 1.165) is 54.8 Å². The number of aliphatic carboxylic acids is 1. The summed E-state index contributed by atoms with van der Waals surface area (Å²) < 4.78 is 5.68. The summed E-state index contributed by atoms with van der Waals surface area (Å²) in [5.41, 5.74) is 4.64. The van der Waals surface area contributed by atoms with Crippen molar-refractivity contribution in [2.75, 3.05) is 18.9 Å². The molecule has 6 heteroatoms. The van der Waals surface area contributed by atoms with Crippen molar-refractivity contribution in [1.82, 2.24) is 5.32 Å². The van der Waals surface area contributed by atoms with E-state index in [-0.39, 0.29) is 18.6 Å². The second-order valence-corrected chi connectivity index (χ2v) is 8.40. The van der Waals surface area contributed by atoms with Gasteiger partial charge < -0.3 is 20.5 Å². The van der Waals surface area contributed by atoms with Gasteiger partial charge in [0.25, 0.3) is 0 Å². The molecule has 1 heterocycles. The van der Waals surface area contributed by atoms with Crippen molar-refractivity contribution in [2.45, 2.75) is 55.6 Å². The Morgan fingerprint density at radius 1 is 1.16 bits per heavy atom. The molecule has 0 bridgehead atoms. The smallest absolute Gasteiger partial charge is 0.303 e. The highest BCUT2D eigenvalue weighted by Crippen LogP contribution is 2.34. The molecule has 0 radical (unpaired) electrons. The molecule has 2 aromatic rings. The van der Waals surface area contributed by atoms with Gasteiger partial charge in [-0.15, -0.1) is 0 Å². The van der Waals surface area contributed by atoms with Gasteiger partial charge in [-0.05, 0) is 55.3 Å². The molecule has 0 aliphatic carbocycles. The van der Waals surface area contributed by atoms with Gasteiger partial charge in [-0.3, -0.25) is 4.79 Å². The number of hydrogen-bond acceptors (Lipinski definition) is 4. The Kier molecular flexibility index (Phi) is 8.85. The van der Waals surface area contributed by atoms with Crippen molar-refractivity contribution in [3.05, 3.63) is 71.5 Å². The van der Waals surface area contributed by atoms with Crippen molar-refractivity contribution in [3.63, 3.8) is 0 Å². The molecule has 5 nitrogen and oxygen atoms in total. The number of unbranched alkanes of at least 4 members (excludes halogenated alkanes) is 3. The average Bonchev–Trinajstić information content (AvgIpc) is 3.31. The molecule has 2 aromatic carbocycles. The lowest BCUT2D eigenvalue weighted by Crippen LogP contribution is -2.25. The molecule has 31 heavy (non-hydrogen) atoms. The van der Waals surface area contributed by atoms with E-state index in [1.54, 1.807) is 6.26 Å². The van der Waals surface area contributed by atoms with E-state index in [2.05, 4.69) is 65.7 Å². The third-order valence-electron chi connectivity index (χ3n) is 5.66. The first kappa shape index (κ1) is 23.2. The quantitative estimate of drug-likeness (QED) is 0.326. The third-order valence-corrected chi connectivity index (χ3v) is 6.09. The maximum absolute atomic E-state index is 10.7. The van der Waals surface area contributed by atoms with Crippen LogP contribution in [0.25, 0.3) is 0 Å². The van der Waals surface area contributed by atoms with Crippen LogP contribution in [0.2, 0.25) is 0 Å². The molecule has 0 aromatic heterocycles. The molecule has 0 saturated carbocycles. The average molecular weight is 442 g/mol. The normalized spacial score (nSPS) is 16.1. The van der Waals surface area contributed by atoms with Crippen LogP contribution in [0.3, 0.4) is 0 Å². The van der Waals surface area contributed by atoms with E-state index in [0.29, 0.717) is 0 Å². The van der Waals surface area contributed by atoms with Gasteiger partial charge in [0.15, 0.2) is 4.90 Å². The van der Waals surface area contributed by atoms with Crippen LogP contribution in [-0.4, -0.2) is 24.7 Å². The number of carboxylic acid groups (broad SMARTS) is 1. The van der Waals surface area contributed by atoms with E-state index in [9.17, 15) is 4.79 Å². The number of ether oxygens (including phenoxy) is 1. The zero-order valence-corrected chi connectivity index (χ0v) is 19.1. The number of carbonyl (C=O) groups is 1. The lowest BCUT2D eigenvalue weighted by atomic mass is 9.94. The fourth-order valence-electron chi connectivity index (χ4n) is 3.99. The van der Waals surface area contributed by atoms with E-state index in [1.165, 1.54) is 11.1 Å². The van der Waals surface area contributed by atoms with E-state index >= 15 is 0 Å². The molecule has 0 saturated heterocycles. The molecule has 1 aliphatic heterocycles. The monoisotopic (exact) mass is 441 g/mol. The molecule has 0 amide bonds. The standard InChI is InChI=1S/C25H32N2O3S/c1-26-21-10-6-5-9-19(21)25(27-15-7-3-2-4-12-24(28)29)20-14-13-18(17-23(20)31)22-11-8-16-30-22/h5-6,8-10,13-14,16-17,22,25-27,31H,2-4,7,11-12,15H2,1H3,(H,28,29)/p+1. The lowest BCUT2D eigenvalue weighted by Gasteiger charge is -2.23. The van der Waals surface area contributed by atoms with Crippen LogP contribution in [0.5, 0.6) is 0 Å². The van der Waals surface area contributed by atoms with Crippen LogP contribution >= 0.6 is 0 Å². The Hall–Kier alpha value is -2.44. The second-order valence-electron chi connectivity index (χ2n) is 7.86. The molecule has 3 rings (SSSR count). The van der Waals surface area contributed by atoms with Crippen LogP contribution in [0.15, 0.2) is 59.7 Å². The molecule has 2 atom stereocenters. The highest BCUT2D eigenvalue weighted by molar-refractivity contribution is 7.58. The first-order chi connectivity index (χ1) is 15.1. The summed E-state index contributed by atoms with van der Waals surface area (Å²) >= 11 is 3.86. The minimum absolute atomic E-state index is 0.0341. The topological polar surface area (TPSA) is 70.6 Å². The maximum atomic E-state index is 10.7. The fourth-order valence-corrected chi connectivity index (χ4v) is 4.39. The highest BCUT2D eigenvalue weighted by atomic mass is 32.1. The fraction of sp³-hybridized carbons (Fsp3) is 0.400. The van der Waals surface area contributed by atoms with Crippen LogP contribution in [0, 0.1) is 0 Å². The zero-order valence-electron chi connectivity index (χ0n) is 18.1. The van der Waals surface area contributed by atoms with Crippen molar-refractivity contribution in [3.8, 4) is 0 Å². The summed E-state index contributed by atoms with van der Waals surface area (Å²) in [6, 6.07) is 14.9. The largest absolute Gasteiger partial charge is 0.493 e. The van der Waals surface area contributed by atoms with E-state index in [1.807, 2.05) is 13.1 Å². The number of carboxylic acids is 1. The second kappa shape index (κ2) is 11.8. The number of anilines is 1. The molecule has 166 valence electrons. The van der Waals surface area contributed by atoms with Gasteiger partial charge in [0.1, 0.15) is 6.10 Å². The summed E-state index contributed by atoms with van der Waals surface area (Å²) in [7, 11) is 1.94. The van der Waals surface area contributed by atoms with Crippen LogP contribution < -0.4 is 10.6 Å². The first-order valence-corrected chi connectivity index (χ1v) is 11.5. The maximum Gasteiger partial charge on any atom is 0.303 e. The van der Waals surface area contributed by atoms with Crippen molar-refractivity contribution >= 4 is 24.3 Å². The third kappa shape index (κ3) is 6.52. The minimum atomic E-state index is -0.714. The molecule has 2 unspecified atom stereocenters. The Balaban J connectivity index is 1.72. The Labute approximate surface area is 190 Å². The summed E-state index contributed by atoms with van der Waals surface area (Å²) in [6.07, 6.45) is 8.78. The van der Waals surface area contributed by atoms with Crippen molar-refractivity contribution in [1.29, 1.82) is 0 Å². The van der Waals surface area contributed by atoms with Crippen molar-refractivity contribution in [2.24, 2.45) is 0 Å². The molecule has 0 spiro atoms. The van der Waals surface area contributed by atoms with Crippen LogP contribution in [0.4, 0.5) is 5.69 Å². The number of nitrogens with one attached hydrogen (secondary N) is 2. The predicted molar refractivity (Wildman–Crippen MR) is 129 cm³/mol. The zero-order chi connectivity index (χ0) is 22.1. The molecule has 1 aliphatic rings. The molecule has 3 N–H and O–H groups in total. The van der Waals surface area contributed by atoms with Gasteiger partial charge >= 0.3 is 5.97 Å². The van der Waals surface area contributed by atoms with Gasteiger partial charge in [-0.2, -0.15) is 0 Å². The van der Waals surface area contributed by atoms with E-state index in [4.69, 9.17) is 9.84 Å². The summed E-state index contributed by atoms with van der Waals surface area (Å²) in [4.78, 5) is 11.7. The van der Waals surface area contributed by atoms with Gasteiger partial charge in [-0.25, -0.2) is 0 Å². The van der Waals surface area contributed by atoms with Gasteiger partial charge in [-0.1, -0.05) is 43.2 Å². The highest BCUT2D eigenvalue weighted by Gasteiger charge is 2.23.